The molecule has 2 nitrogen and oxygen atoms in total. The van der Waals surface area contributed by atoms with E-state index in [1.807, 2.05) is 23.7 Å². The van der Waals surface area contributed by atoms with E-state index in [1.54, 1.807) is 0 Å². The SMILES string of the molecule is [2H]c1cccc(-n2c3ccccc3c3ccc(C(C)C)c(C)c32)[n+]1C. The second-order valence-corrected chi connectivity index (χ2v) is 6.76. The van der Waals surface area contributed by atoms with Crippen molar-refractivity contribution in [2.75, 3.05) is 0 Å². The van der Waals surface area contributed by atoms with Gasteiger partial charge in [0.25, 0.3) is 5.82 Å². The Labute approximate surface area is 144 Å². The summed E-state index contributed by atoms with van der Waals surface area (Å²) >= 11 is 0. The third kappa shape index (κ3) is 2.06. The van der Waals surface area contributed by atoms with Gasteiger partial charge in [0, 0.05) is 22.4 Å². The van der Waals surface area contributed by atoms with Gasteiger partial charge in [0.1, 0.15) is 12.4 Å². The normalized spacial score (nSPS) is 12.3. The van der Waals surface area contributed by atoms with Crippen LogP contribution in [0.5, 0.6) is 0 Å². The van der Waals surface area contributed by atoms with Crippen LogP contribution in [0.1, 0.15) is 32.3 Å². The highest BCUT2D eigenvalue weighted by Gasteiger charge is 2.23. The van der Waals surface area contributed by atoms with Crippen molar-refractivity contribution in [1.82, 2.24) is 4.57 Å². The third-order valence-electron chi connectivity index (χ3n) is 4.94. The van der Waals surface area contributed by atoms with Crippen molar-refractivity contribution in [3.63, 3.8) is 0 Å². The van der Waals surface area contributed by atoms with Crippen LogP contribution in [0.4, 0.5) is 0 Å². The van der Waals surface area contributed by atoms with Crippen molar-refractivity contribution >= 4 is 21.8 Å². The van der Waals surface area contributed by atoms with Crippen LogP contribution < -0.4 is 4.57 Å². The lowest BCUT2D eigenvalue weighted by molar-refractivity contribution is -0.665. The number of aromatic nitrogens is 2. The second-order valence-electron chi connectivity index (χ2n) is 6.76. The van der Waals surface area contributed by atoms with E-state index in [2.05, 4.69) is 67.8 Å². The van der Waals surface area contributed by atoms with Gasteiger partial charge in [0.15, 0.2) is 0 Å². The van der Waals surface area contributed by atoms with E-state index in [0.717, 1.165) is 5.82 Å². The second kappa shape index (κ2) is 5.48. The molecule has 0 bridgehead atoms. The molecule has 0 N–H and O–H groups in total. The first kappa shape index (κ1) is 13.8. The first-order valence-corrected chi connectivity index (χ1v) is 8.49. The predicted octanol–water partition coefficient (Wildman–Crippen LogP) is 5.04. The number of fused-ring (bicyclic) bond motifs is 3. The van der Waals surface area contributed by atoms with Gasteiger partial charge >= 0.3 is 0 Å². The largest absolute Gasteiger partial charge is 0.286 e. The zero-order chi connectivity index (χ0) is 17.7. The predicted molar refractivity (Wildman–Crippen MR) is 101 cm³/mol. The molecule has 0 aliphatic heterocycles. The van der Waals surface area contributed by atoms with Crippen LogP contribution in [-0.2, 0) is 7.05 Å². The Morgan fingerprint density at radius 2 is 1.71 bits per heavy atom. The summed E-state index contributed by atoms with van der Waals surface area (Å²) in [7, 11) is 1.96. The molecule has 4 aromatic rings. The van der Waals surface area contributed by atoms with Gasteiger partial charge in [-0.1, -0.05) is 38.1 Å². The van der Waals surface area contributed by atoms with E-state index in [0.29, 0.717) is 12.1 Å². The summed E-state index contributed by atoms with van der Waals surface area (Å²) in [6.07, 6.45) is 0.501. The number of rotatable bonds is 2. The van der Waals surface area contributed by atoms with Crippen LogP contribution in [0, 0.1) is 6.92 Å². The van der Waals surface area contributed by atoms with Crippen molar-refractivity contribution in [3.05, 3.63) is 71.9 Å². The van der Waals surface area contributed by atoms with Crippen LogP contribution in [0.2, 0.25) is 0 Å². The highest BCUT2D eigenvalue weighted by molar-refractivity contribution is 6.10. The van der Waals surface area contributed by atoms with E-state index in [-0.39, 0.29) is 0 Å². The molecule has 0 amide bonds. The first-order chi connectivity index (χ1) is 12.0. The molecule has 0 aliphatic carbocycles. The molecule has 0 aliphatic rings. The number of para-hydroxylation sites is 1. The first-order valence-electron chi connectivity index (χ1n) is 8.99. The van der Waals surface area contributed by atoms with Gasteiger partial charge in [-0.3, -0.25) is 0 Å². The van der Waals surface area contributed by atoms with E-state index in [1.165, 1.54) is 32.9 Å². The lowest BCUT2D eigenvalue weighted by Gasteiger charge is -2.11. The van der Waals surface area contributed by atoms with E-state index in [4.69, 9.17) is 1.37 Å². The molecule has 0 fully saturated rings. The summed E-state index contributed by atoms with van der Waals surface area (Å²) in [4.78, 5) is 0. The molecule has 0 saturated heterocycles. The zero-order valence-electron chi connectivity index (χ0n) is 15.7. The number of hydrogen-bond donors (Lipinski definition) is 0. The lowest BCUT2D eigenvalue weighted by Crippen LogP contribution is -2.33. The lowest BCUT2D eigenvalue weighted by atomic mass is 9.95. The fourth-order valence-electron chi connectivity index (χ4n) is 3.79. The van der Waals surface area contributed by atoms with Crippen molar-refractivity contribution in [2.24, 2.45) is 7.05 Å². The highest BCUT2D eigenvalue weighted by Crippen LogP contribution is 2.35. The number of pyridine rings is 1. The van der Waals surface area contributed by atoms with Gasteiger partial charge in [-0.15, -0.1) is 0 Å². The summed E-state index contributed by atoms with van der Waals surface area (Å²) in [6, 6.07) is 18.9. The molecular formula is C22H23N2+. The minimum Gasteiger partial charge on any atom is -0.237 e. The Kier molecular flexibility index (Phi) is 3.15. The highest BCUT2D eigenvalue weighted by atomic mass is 15.1. The van der Waals surface area contributed by atoms with Gasteiger partial charge in [-0.25, -0.2) is 4.57 Å². The van der Waals surface area contributed by atoms with Crippen LogP contribution in [-0.4, -0.2) is 4.57 Å². The smallest absolute Gasteiger partial charge is 0.237 e. The molecule has 2 aromatic heterocycles. The van der Waals surface area contributed by atoms with Crippen LogP contribution in [0.3, 0.4) is 0 Å². The van der Waals surface area contributed by atoms with Crippen LogP contribution in [0.15, 0.2) is 60.8 Å². The molecule has 24 heavy (non-hydrogen) atoms. The van der Waals surface area contributed by atoms with Crippen molar-refractivity contribution < 1.29 is 5.94 Å². The van der Waals surface area contributed by atoms with Gasteiger partial charge in [0.05, 0.1) is 13.2 Å². The molecule has 2 aromatic carbocycles. The van der Waals surface area contributed by atoms with Crippen molar-refractivity contribution in [1.29, 1.82) is 0 Å². The summed E-state index contributed by atoms with van der Waals surface area (Å²) in [5.74, 6) is 1.50. The number of aryl methyl sites for hydroxylation is 1. The van der Waals surface area contributed by atoms with Gasteiger partial charge < -0.3 is 0 Å². The minimum absolute atomic E-state index is 0.479. The monoisotopic (exact) mass is 316 g/mol. The summed E-state index contributed by atoms with van der Waals surface area (Å²) in [5.41, 5.74) is 5.12. The quantitative estimate of drug-likeness (QED) is 0.458. The Balaban J connectivity index is 2.24. The minimum atomic E-state index is 0.479. The van der Waals surface area contributed by atoms with Crippen LogP contribution in [0.25, 0.3) is 27.6 Å². The topological polar surface area (TPSA) is 8.81 Å². The Morgan fingerprint density at radius 1 is 0.958 bits per heavy atom. The number of nitrogens with zero attached hydrogens (tertiary/aromatic N) is 2. The number of hydrogen-bond acceptors (Lipinski definition) is 0. The average molecular weight is 316 g/mol. The van der Waals surface area contributed by atoms with Crippen LogP contribution >= 0.6 is 0 Å². The van der Waals surface area contributed by atoms with E-state index < -0.39 is 0 Å². The maximum atomic E-state index is 8.19. The molecular weight excluding hydrogens is 292 g/mol. The Bertz CT molecular complexity index is 1110. The molecule has 0 radical (unpaired) electrons. The van der Waals surface area contributed by atoms with E-state index >= 15 is 0 Å². The molecule has 4 rings (SSSR count). The standard InChI is InChI=1S/C22H23N2/c1-15(2)17-12-13-19-18-9-5-6-10-20(18)24(22(19)16(17)3)21-11-7-8-14-23(21)4/h5-15H,1-4H3/q+1/i14D. The van der Waals surface area contributed by atoms with Gasteiger partial charge in [-0.05, 0) is 42.7 Å². The van der Waals surface area contributed by atoms with E-state index in [9.17, 15) is 0 Å². The average Bonchev–Trinajstić information content (AvgIpc) is 2.93. The Morgan fingerprint density at radius 3 is 2.50 bits per heavy atom. The summed E-state index contributed by atoms with van der Waals surface area (Å²) < 4.78 is 12.4. The maximum absolute atomic E-state index is 8.19. The molecule has 0 saturated carbocycles. The Hall–Kier alpha value is -2.61. The molecule has 120 valence electrons. The molecule has 0 atom stereocenters. The van der Waals surface area contributed by atoms with Gasteiger partial charge in [0.2, 0.25) is 0 Å². The molecule has 0 spiro atoms. The van der Waals surface area contributed by atoms with Gasteiger partial charge in [-0.2, -0.15) is 4.57 Å². The molecule has 2 heteroatoms. The van der Waals surface area contributed by atoms with Crippen molar-refractivity contribution in [2.45, 2.75) is 26.7 Å². The van der Waals surface area contributed by atoms with Crippen molar-refractivity contribution in [3.8, 4) is 5.82 Å². The summed E-state index contributed by atoms with van der Waals surface area (Å²) in [5, 5.41) is 2.53. The third-order valence-corrected chi connectivity index (χ3v) is 4.94. The molecule has 0 unspecified atom stereocenters. The molecule has 2 heterocycles. The fraction of sp³-hybridized carbons (Fsp3) is 0.227. The summed E-state index contributed by atoms with van der Waals surface area (Å²) in [6.45, 7) is 6.70. The number of benzene rings is 2. The maximum Gasteiger partial charge on any atom is 0.286 e. The zero-order valence-corrected chi connectivity index (χ0v) is 14.7. The fourth-order valence-corrected chi connectivity index (χ4v) is 3.79.